The van der Waals surface area contributed by atoms with Crippen molar-refractivity contribution in [3.8, 4) is 0 Å². The van der Waals surface area contributed by atoms with Gasteiger partial charge in [0.05, 0.1) is 17.6 Å². The van der Waals surface area contributed by atoms with Crippen LogP contribution < -0.4 is 11.1 Å². The summed E-state index contributed by atoms with van der Waals surface area (Å²) >= 11 is 0. The first-order valence-corrected chi connectivity index (χ1v) is 15.6. The van der Waals surface area contributed by atoms with E-state index in [1.54, 1.807) is 13.8 Å². The highest BCUT2D eigenvalue weighted by atomic mass is 16.5. The van der Waals surface area contributed by atoms with Crippen molar-refractivity contribution in [3.05, 3.63) is 0 Å². The van der Waals surface area contributed by atoms with Crippen LogP contribution in [0.5, 0.6) is 0 Å². The van der Waals surface area contributed by atoms with Crippen molar-refractivity contribution in [2.45, 2.75) is 103 Å². The van der Waals surface area contributed by atoms with Gasteiger partial charge in [-0.25, -0.2) is 0 Å². The Morgan fingerprint density at radius 1 is 1.10 bits per heavy atom. The molecule has 5 atom stereocenters. The van der Waals surface area contributed by atoms with E-state index in [1.807, 2.05) is 16.8 Å². The summed E-state index contributed by atoms with van der Waals surface area (Å²) in [5.41, 5.74) is 4.46. The summed E-state index contributed by atoms with van der Waals surface area (Å²) in [6, 6.07) is -0.808. The van der Waals surface area contributed by atoms with E-state index in [0.717, 1.165) is 31.7 Å². The fourth-order valence-electron chi connectivity index (χ4n) is 7.85. The molecule has 2 saturated heterocycles. The minimum atomic E-state index is -1.10. The Morgan fingerprint density at radius 3 is 2.46 bits per heavy atom. The van der Waals surface area contributed by atoms with Gasteiger partial charge in [0.2, 0.25) is 17.7 Å². The first-order valence-electron chi connectivity index (χ1n) is 15.6. The summed E-state index contributed by atoms with van der Waals surface area (Å²) in [6.45, 7) is 10.4. The maximum atomic E-state index is 14.0. The van der Waals surface area contributed by atoms with Crippen molar-refractivity contribution in [1.29, 1.82) is 0 Å². The molecule has 222 valence electrons. The Hall–Kier alpha value is -1.67. The topological polar surface area (TPSA) is 105 Å². The molecule has 0 bridgehead atoms. The van der Waals surface area contributed by atoms with Crippen LogP contribution in [0, 0.1) is 35.0 Å². The minimum absolute atomic E-state index is 0.130. The molecule has 4 fully saturated rings. The van der Waals surface area contributed by atoms with Crippen molar-refractivity contribution in [2.24, 2.45) is 40.7 Å². The zero-order valence-corrected chi connectivity index (χ0v) is 25.2. The SMILES string of the molecule is CC1CCC(C2CN(C)C(=O)C23CCCN(C(=O)C(COCC2CCCCC2C)NC(=O)C(C)(C)N)C3)CC1. The average molecular weight is 547 g/mol. The van der Waals surface area contributed by atoms with Gasteiger partial charge in [0.25, 0.3) is 0 Å². The summed E-state index contributed by atoms with van der Waals surface area (Å²) in [7, 11) is 1.92. The van der Waals surface area contributed by atoms with Gasteiger partial charge < -0.3 is 25.6 Å². The van der Waals surface area contributed by atoms with Crippen LogP contribution >= 0.6 is 0 Å². The van der Waals surface area contributed by atoms with E-state index in [9.17, 15) is 14.4 Å². The van der Waals surface area contributed by atoms with Gasteiger partial charge in [-0.3, -0.25) is 14.4 Å². The number of hydrogen-bond acceptors (Lipinski definition) is 5. The van der Waals surface area contributed by atoms with Crippen LogP contribution in [0.3, 0.4) is 0 Å². The maximum absolute atomic E-state index is 14.0. The molecule has 0 aromatic carbocycles. The highest BCUT2D eigenvalue weighted by molar-refractivity contribution is 5.92. The van der Waals surface area contributed by atoms with Crippen molar-refractivity contribution in [1.82, 2.24) is 15.1 Å². The van der Waals surface area contributed by atoms with Crippen LogP contribution in [0.2, 0.25) is 0 Å². The van der Waals surface area contributed by atoms with E-state index in [-0.39, 0.29) is 30.2 Å². The molecular formula is C31H54N4O4. The molecule has 0 aromatic rings. The molecule has 8 heteroatoms. The molecule has 8 nitrogen and oxygen atoms in total. The third-order valence-corrected chi connectivity index (χ3v) is 10.5. The van der Waals surface area contributed by atoms with E-state index < -0.39 is 17.0 Å². The zero-order valence-electron chi connectivity index (χ0n) is 25.2. The van der Waals surface area contributed by atoms with E-state index in [4.69, 9.17) is 10.5 Å². The van der Waals surface area contributed by atoms with Crippen molar-refractivity contribution < 1.29 is 19.1 Å². The highest BCUT2D eigenvalue weighted by Gasteiger charge is 2.57. The van der Waals surface area contributed by atoms with Crippen molar-refractivity contribution in [3.63, 3.8) is 0 Å². The summed E-state index contributed by atoms with van der Waals surface area (Å²) in [4.78, 5) is 44.4. The molecule has 5 unspecified atom stereocenters. The summed E-state index contributed by atoms with van der Waals surface area (Å²) in [6.07, 6.45) is 11.3. The highest BCUT2D eigenvalue weighted by Crippen LogP contribution is 2.50. The van der Waals surface area contributed by atoms with Crippen LogP contribution in [0.25, 0.3) is 0 Å². The molecule has 3 amide bonds. The molecule has 4 aliphatic rings. The quantitative estimate of drug-likeness (QED) is 0.484. The monoisotopic (exact) mass is 546 g/mol. The first-order chi connectivity index (χ1) is 18.4. The van der Waals surface area contributed by atoms with Crippen molar-refractivity contribution in [2.75, 3.05) is 39.9 Å². The van der Waals surface area contributed by atoms with Crippen LogP contribution in [0.4, 0.5) is 0 Å². The number of nitrogens with zero attached hydrogens (tertiary/aromatic N) is 2. The van der Waals surface area contributed by atoms with Gasteiger partial charge in [0, 0.05) is 33.3 Å². The number of nitrogens with one attached hydrogen (secondary N) is 1. The number of nitrogens with two attached hydrogens (primary N) is 1. The second-order valence-corrected chi connectivity index (χ2v) is 14.1. The molecule has 0 aromatic heterocycles. The van der Waals surface area contributed by atoms with Gasteiger partial charge in [-0.05, 0) is 75.5 Å². The maximum Gasteiger partial charge on any atom is 0.247 e. The Balaban J connectivity index is 1.48. The molecule has 2 aliphatic heterocycles. The van der Waals surface area contributed by atoms with Crippen molar-refractivity contribution >= 4 is 17.7 Å². The molecule has 1 spiro atoms. The summed E-state index contributed by atoms with van der Waals surface area (Å²) in [5, 5.41) is 2.91. The minimum Gasteiger partial charge on any atom is -0.378 e. The number of amides is 3. The molecule has 2 saturated carbocycles. The Labute approximate surface area is 236 Å². The standard InChI is InChI=1S/C31H54N4O4/c1-21-11-13-23(14-12-21)25-17-34(5)29(38)31(25)15-8-16-35(20-31)27(36)26(33-28(37)30(3,4)32)19-39-18-24-10-7-6-9-22(24)2/h21-26H,6-20,32H2,1-5H3,(H,33,37). The van der Waals surface area contributed by atoms with E-state index >= 15 is 0 Å². The number of likely N-dealkylation sites (tertiary alicyclic amines) is 2. The van der Waals surface area contributed by atoms with Gasteiger partial charge in [0.1, 0.15) is 6.04 Å². The molecule has 3 N–H and O–H groups in total. The number of hydrogen-bond donors (Lipinski definition) is 2. The number of rotatable bonds is 8. The normalized spacial score (nSPS) is 34.8. The third-order valence-electron chi connectivity index (χ3n) is 10.5. The van der Waals surface area contributed by atoms with Gasteiger partial charge in [-0.2, -0.15) is 0 Å². The van der Waals surface area contributed by atoms with E-state index in [2.05, 4.69) is 19.2 Å². The number of carbonyl (C=O) groups is 3. The summed E-state index contributed by atoms with van der Waals surface area (Å²) < 4.78 is 6.13. The molecular weight excluding hydrogens is 492 g/mol. The Kier molecular flexibility index (Phi) is 9.68. The summed E-state index contributed by atoms with van der Waals surface area (Å²) in [5.74, 6) is 2.32. The van der Waals surface area contributed by atoms with Crippen LogP contribution in [0.1, 0.15) is 91.9 Å². The van der Waals surface area contributed by atoms with Gasteiger partial charge >= 0.3 is 0 Å². The van der Waals surface area contributed by atoms with Crippen LogP contribution in [-0.4, -0.2) is 79.0 Å². The molecule has 4 rings (SSSR count). The lowest BCUT2D eigenvalue weighted by molar-refractivity contribution is -0.148. The van der Waals surface area contributed by atoms with E-state index in [0.29, 0.717) is 37.5 Å². The second-order valence-electron chi connectivity index (χ2n) is 14.1. The number of ether oxygens (including phenoxy) is 1. The average Bonchev–Trinajstić information content (AvgIpc) is 3.13. The predicted octanol–water partition coefficient (Wildman–Crippen LogP) is 3.57. The number of piperidine rings is 1. The van der Waals surface area contributed by atoms with Gasteiger partial charge in [-0.1, -0.05) is 46.0 Å². The number of carbonyl (C=O) groups excluding carboxylic acids is 3. The lowest BCUT2D eigenvalue weighted by atomic mass is 9.63. The third kappa shape index (κ3) is 6.80. The molecule has 2 aliphatic carbocycles. The van der Waals surface area contributed by atoms with Gasteiger partial charge in [-0.15, -0.1) is 0 Å². The smallest absolute Gasteiger partial charge is 0.247 e. The lowest BCUT2D eigenvalue weighted by Gasteiger charge is -2.46. The first kappa shape index (κ1) is 30.3. The fourth-order valence-corrected chi connectivity index (χ4v) is 7.85. The zero-order chi connectivity index (χ0) is 28.4. The second kappa shape index (κ2) is 12.5. The van der Waals surface area contributed by atoms with E-state index in [1.165, 1.54) is 44.9 Å². The van der Waals surface area contributed by atoms with Crippen LogP contribution in [-0.2, 0) is 19.1 Å². The Bertz CT molecular complexity index is 880. The molecule has 0 radical (unpaired) electrons. The molecule has 2 heterocycles. The largest absolute Gasteiger partial charge is 0.378 e. The fraction of sp³-hybridized carbons (Fsp3) is 0.903. The Morgan fingerprint density at radius 2 is 1.79 bits per heavy atom. The molecule has 39 heavy (non-hydrogen) atoms. The van der Waals surface area contributed by atoms with Crippen LogP contribution in [0.15, 0.2) is 0 Å². The predicted molar refractivity (Wildman–Crippen MR) is 153 cm³/mol. The lowest BCUT2D eigenvalue weighted by Crippen LogP contribution is -2.61. The van der Waals surface area contributed by atoms with Gasteiger partial charge in [0.15, 0.2) is 0 Å².